The lowest BCUT2D eigenvalue weighted by Crippen LogP contribution is -2.35. The molecule has 7 heteroatoms. The minimum atomic E-state index is -2.96. The van der Waals surface area contributed by atoms with Crippen LogP contribution in [0.1, 0.15) is 24.8 Å². The predicted octanol–water partition coefficient (Wildman–Crippen LogP) is 2.11. The van der Waals surface area contributed by atoms with E-state index in [9.17, 15) is 13.2 Å². The molecule has 2 rings (SSSR count). The molecule has 0 radical (unpaired) electrons. The van der Waals surface area contributed by atoms with Crippen molar-refractivity contribution in [3.8, 4) is 5.75 Å². The lowest BCUT2D eigenvalue weighted by atomic mass is 10.2. The van der Waals surface area contributed by atoms with Gasteiger partial charge in [0.05, 0.1) is 18.1 Å². The number of carbonyl (C=O) groups is 1. The maximum atomic E-state index is 11.8. The molecule has 5 nitrogen and oxygen atoms in total. The zero-order chi connectivity index (χ0) is 16.2. The standard InChI is InChI=1S/C15H20ClNO4S/c1-11-9-12(16)4-5-14(11)21-7-2-3-15(18)17-13-6-8-22(19,20)10-13/h4-5,9,13H,2-3,6-8,10H2,1H3,(H,17,18)/t13-/m0/s1. The van der Waals surface area contributed by atoms with Crippen molar-refractivity contribution in [1.82, 2.24) is 5.32 Å². The van der Waals surface area contributed by atoms with Crippen molar-refractivity contribution >= 4 is 27.3 Å². The van der Waals surface area contributed by atoms with E-state index in [4.69, 9.17) is 16.3 Å². The smallest absolute Gasteiger partial charge is 0.220 e. The summed E-state index contributed by atoms with van der Waals surface area (Å²) in [6.45, 7) is 2.34. The Morgan fingerprint density at radius 1 is 1.45 bits per heavy atom. The van der Waals surface area contributed by atoms with E-state index in [-0.39, 0.29) is 23.5 Å². The van der Waals surface area contributed by atoms with Crippen LogP contribution in [0.4, 0.5) is 0 Å². The summed E-state index contributed by atoms with van der Waals surface area (Å²) in [6, 6.07) is 5.15. The molecule has 0 aromatic heterocycles. The molecule has 0 bridgehead atoms. The number of carbonyl (C=O) groups excluding carboxylic acids is 1. The van der Waals surface area contributed by atoms with Gasteiger partial charge in [-0.1, -0.05) is 11.6 Å². The summed E-state index contributed by atoms with van der Waals surface area (Å²) in [7, 11) is -2.96. The zero-order valence-corrected chi connectivity index (χ0v) is 14.0. The minimum Gasteiger partial charge on any atom is -0.493 e. The van der Waals surface area contributed by atoms with Gasteiger partial charge in [0.25, 0.3) is 0 Å². The van der Waals surface area contributed by atoms with Crippen molar-refractivity contribution in [1.29, 1.82) is 0 Å². The summed E-state index contributed by atoms with van der Waals surface area (Å²) < 4.78 is 28.2. The zero-order valence-electron chi connectivity index (χ0n) is 12.5. The normalized spacial score (nSPS) is 19.8. The Kier molecular flexibility index (Phi) is 5.69. The Labute approximate surface area is 135 Å². The Morgan fingerprint density at radius 3 is 2.86 bits per heavy atom. The van der Waals surface area contributed by atoms with E-state index in [1.807, 2.05) is 13.0 Å². The molecule has 0 saturated carbocycles. The van der Waals surface area contributed by atoms with Crippen LogP contribution in [-0.4, -0.2) is 38.5 Å². The number of hydrogen-bond donors (Lipinski definition) is 1. The molecule has 1 amide bonds. The summed E-state index contributed by atoms with van der Waals surface area (Å²) >= 11 is 5.87. The van der Waals surface area contributed by atoms with Gasteiger partial charge < -0.3 is 10.1 Å². The molecule has 0 spiro atoms. The molecule has 122 valence electrons. The third kappa shape index (κ3) is 5.18. The second-order valence-corrected chi connectivity index (χ2v) is 8.19. The Hall–Kier alpha value is -1.27. The molecule has 22 heavy (non-hydrogen) atoms. The molecule has 1 aromatic carbocycles. The first-order chi connectivity index (χ1) is 10.4. The van der Waals surface area contributed by atoms with Crippen LogP contribution in [0.3, 0.4) is 0 Å². The Morgan fingerprint density at radius 2 is 2.23 bits per heavy atom. The summed E-state index contributed by atoms with van der Waals surface area (Å²) in [5.41, 5.74) is 0.952. The fraction of sp³-hybridized carbons (Fsp3) is 0.533. The number of ether oxygens (including phenoxy) is 1. The fourth-order valence-electron chi connectivity index (χ4n) is 2.40. The van der Waals surface area contributed by atoms with Gasteiger partial charge in [0.15, 0.2) is 9.84 Å². The molecule has 1 N–H and O–H groups in total. The first kappa shape index (κ1) is 17.1. The van der Waals surface area contributed by atoms with Crippen molar-refractivity contribution in [2.24, 2.45) is 0 Å². The molecule has 1 aromatic rings. The van der Waals surface area contributed by atoms with Crippen molar-refractivity contribution in [3.63, 3.8) is 0 Å². The molecular weight excluding hydrogens is 326 g/mol. The van der Waals surface area contributed by atoms with Gasteiger partial charge in [-0.2, -0.15) is 0 Å². The van der Waals surface area contributed by atoms with Crippen molar-refractivity contribution < 1.29 is 17.9 Å². The summed E-state index contributed by atoms with van der Waals surface area (Å²) in [5.74, 6) is 0.848. The highest BCUT2D eigenvalue weighted by molar-refractivity contribution is 7.91. The van der Waals surface area contributed by atoms with Crippen molar-refractivity contribution in [3.05, 3.63) is 28.8 Å². The first-order valence-corrected chi connectivity index (χ1v) is 9.44. The number of benzene rings is 1. The number of rotatable bonds is 6. The largest absolute Gasteiger partial charge is 0.493 e. The third-order valence-electron chi connectivity index (χ3n) is 3.54. The Balaban J connectivity index is 1.67. The molecule has 0 unspecified atom stereocenters. The highest BCUT2D eigenvalue weighted by atomic mass is 35.5. The molecule has 1 aliphatic rings. The minimum absolute atomic E-state index is 0.0548. The number of aryl methyl sites for hydroxylation is 1. The van der Waals surface area contributed by atoms with E-state index >= 15 is 0 Å². The molecule has 1 aliphatic heterocycles. The molecule has 1 atom stereocenters. The average Bonchev–Trinajstić information content (AvgIpc) is 2.76. The lowest BCUT2D eigenvalue weighted by Gasteiger charge is -2.12. The van der Waals surface area contributed by atoms with E-state index < -0.39 is 9.84 Å². The number of hydrogen-bond acceptors (Lipinski definition) is 4. The van der Waals surface area contributed by atoms with Gasteiger partial charge >= 0.3 is 0 Å². The van der Waals surface area contributed by atoms with Crippen LogP contribution in [0.15, 0.2) is 18.2 Å². The highest BCUT2D eigenvalue weighted by Gasteiger charge is 2.28. The fourth-order valence-corrected chi connectivity index (χ4v) is 4.30. The van der Waals surface area contributed by atoms with E-state index in [2.05, 4.69) is 5.32 Å². The third-order valence-corrected chi connectivity index (χ3v) is 5.54. The number of amides is 1. The average molecular weight is 346 g/mol. The van der Waals surface area contributed by atoms with E-state index in [1.54, 1.807) is 12.1 Å². The maximum Gasteiger partial charge on any atom is 0.220 e. The molecular formula is C15H20ClNO4S. The molecule has 0 aliphatic carbocycles. The van der Waals surface area contributed by atoms with E-state index in [0.29, 0.717) is 30.9 Å². The SMILES string of the molecule is Cc1cc(Cl)ccc1OCCCC(=O)N[C@H]1CCS(=O)(=O)C1. The van der Waals surface area contributed by atoms with Gasteiger partial charge in [-0.25, -0.2) is 8.42 Å². The van der Waals surface area contributed by atoms with Gasteiger partial charge in [-0.3, -0.25) is 4.79 Å². The van der Waals surface area contributed by atoms with Crippen LogP contribution in [0, 0.1) is 6.92 Å². The number of sulfone groups is 1. The van der Waals surface area contributed by atoms with Crippen LogP contribution in [0.2, 0.25) is 5.02 Å². The molecule has 1 heterocycles. The van der Waals surface area contributed by atoms with E-state index in [0.717, 1.165) is 11.3 Å². The van der Waals surface area contributed by atoms with Crippen LogP contribution < -0.4 is 10.1 Å². The highest BCUT2D eigenvalue weighted by Crippen LogP contribution is 2.21. The van der Waals surface area contributed by atoms with E-state index in [1.165, 1.54) is 0 Å². The van der Waals surface area contributed by atoms with Crippen LogP contribution in [-0.2, 0) is 14.6 Å². The van der Waals surface area contributed by atoms with Gasteiger partial charge in [-0.15, -0.1) is 0 Å². The van der Waals surface area contributed by atoms with Gasteiger partial charge in [0.2, 0.25) is 5.91 Å². The maximum absolute atomic E-state index is 11.8. The second kappa shape index (κ2) is 7.33. The summed E-state index contributed by atoms with van der Waals surface area (Å²) in [6.07, 6.45) is 1.41. The molecule has 1 saturated heterocycles. The van der Waals surface area contributed by atoms with Crippen molar-refractivity contribution in [2.45, 2.75) is 32.2 Å². The predicted molar refractivity (Wildman–Crippen MR) is 86.1 cm³/mol. The first-order valence-electron chi connectivity index (χ1n) is 7.24. The second-order valence-electron chi connectivity index (χ2n) is 5.53. The van der Waals surface area contributed by atoms with Gasteiger partial charge in [0, 0.05) is 17.5 Å². The Bertz CT molecular complexity index is 645. The topological polar surface area (TPSA) is 72.5 Å². The lowest BCUT2D eigenvalue weighted by molar-refractivity contribution is -0.121. The van der Waals surface area contributed by atoms with Crippen LogP contribution in [0.25, 0.3) is 0 Å². The van der Waals surface area contributed by atoms with Gasteiger partial charge in [-0.05, 0) is 43.5 Å². The quantitative estimate of drug-likeness (QED) is 0.801. The number of nitrogens with one attached hydrogen (secondary N) is 1. The monoisotopic (exact) mass is 345 g/mol. The summed E-state index contributed by atoms with van der Waals surface area (Å²) in [4.78, 5) is 11.8. The van der Waals surface area contributed by atoms with Crippen LogP contribution >= 0.6 is 11.6 Å². The van der Waals surface area contributed by atoms with Gasteiger partial charge in [0.1, 0.15) is 5.75 Å². The molecule has 1 fully saturated rings. The van der Waals surface area contributed by atoms with Crippen LogP contribution in [0.5, 0.6) is 5.75 Å². The number of halogens is 1. The summed E-state index contributed by atoms with van der Waals surface area (Å²) in [5, 5.41) is 3.42. The van der Waals surface area contributed by atoms with Crippen molar-refractivity contribution in [2.75, 3.05) is 18.1 Å².